The van der Waals surface area contributed by atoms with Crippen LogP contribution in [0.2, 0.25) is 0 Å². The SMILES string of the molecule is Cc1cc(C(=O)COC(=O)c2ccc([N+](=O)[O-])s2)c(C)n1-c1ccc(F)cc1. The minimum absolute atomic E-state index is 0.0521. The fraction of sp³-hybridized carbons (Fsp3) is 0.158. The number of aryl methyl sites for hydroxylation is 1. The normalized spacial score (nSPS) is 10.7. The van der Waals surface area contributed by atoms with Gasteiger partial charge in [0.2, 0.25) is 5.78 Å². The van der Waals surface area contributed by atoms with Crippen molar-refractivity contribution in [3.05, 3.63) is 80.2 Å². The fourth-order valence-corrected chi connectivity index (χ4v) is 3.56. The molecule has 3 aromatic rings. The van der Waals surface area contributed by atoms with Crippen molar-refractivity contribution >= 4 is 28.1 Å². The quantitative estimate of drug-likeness (QED) is 0.266. The van der Waals surface area contributed by atoms with E-state index in [9.17, 15) is 24.1 Å². The van der Waals surface area contributed by atoms with Gasteiger partial charge < -0.3 is 9.30 Å². The molecule has 7 nitrogen and oxygen atoms in total. The third-order valence-electron chi connectivity index (χ3n) is 4.12. The number of benzene rings is 1. The summed E-state index contributed by atoms with van der Waals surface area (Å²) in [5, 5.41) is 10.5. The molecule has 0 amide bonds. The van der Waals surface area contributed by atoms with Gasteiger partial charge in [0.1, 0.15) is 10.7 Å². The maximum Gasteiger partial charge on any atom is 0.349 e. The molecule has 0 fully saturated rings. The largest absolute Gasteiger partial charge is 0.453 e. The number of carbonyl (C=O) groups excluding carboxylic acids is 2. The van der Waals surface area contributed by atoms with Crippen LogP contribution in [0.1, 0.15) is 31.4 Å². The molecule has 2 aromatic heterocycles. The molecule has 2 heterocycles. The number of halogens is 1. The van der Waals surface area contributed by atoms with E-state index < -0.39 is 23.3 Å². The highest BCUT2D eigenvalue weighted by Crippen LogP contribution is 2.25. The zero-order valence-electron chi connectivity index (χ0n) is 15.0. The molecule has 0 unspecified atom stereocenters. The molecule has 0 aliphatic rings. The molecular formula is C19H15FN2O5S. The van der Waals surface area contributed by atoms with Gasteiger partial charge in [-0.3, -0.25) is 14.9 Å². The van der Waals surface area contributed by atoms with Crippen molar-refractivity contribution in [1.29, 1.82) is 0 Å². The predicted molar refractivity (Wildman–Crippen MR) is 101 cm³/mol. The Morgan fingerprint density at radius 3 is 2.46 bits per heavy atom. The highest BCUT2D eigenvalue weighted by atomic mass is 32.1. The first-order valence-electron chi connectivity index (χ1n) is 8.17. The third-order valence-corrected chi connectivity index (χ3v) is 5.14. The van der Waals surface area contributed by atoms with Crippen LogP contribution in [0, 0.1) is 29.8 Å². The summed E-state index contributed by atoms with van der Waals surface area (Å²) in [6.07, 6.45) is 0. The minimum Gasteiger partial charge on any atom is -0.453 e. The first-order chi connectivity index (χ1) is 13.3. The van der Waals surface area contributed by atoms with Crippen molar-refractivity contribution in [3.63, 3.8) is 0 Å². The maximum atomic E-state index is 13.2. The Morgan fingerprint density at radius 1 is 1.18 bits per heavy atom. The van der Waals surface area contributed by atoms with Crippen LogP contribution >= 0.6 is 11.3 Å². The van der Waals surface area contributed by atoms with Gasteiger partial charge in [-0.1, -0.05) is 11.3 Å². The highest BCUT2D eigenvalue weighted by molar-refractivity contribution is 7.17. The summed E-state index contributed by atoms with van der Waals surface area (Å²) in [7, 11) is 0. The maximum absolute atomic E-state index is 13.2. The molecule has 0 saturated carbocycles. The van der Waals surface area contributed by atoms with E-state index in [0.29, 0.717) is 28.3 Å². The number of ketones is 1. The van der Waals surface area contributed by atoms with Crippen LogP contribution in [0.25, 0.3) is 5.69 Å². The number of aromatic nitrogens is 1. The van der Waals surface area contributed by atoms with Crippen LogP contribution in [-0.2, 0) is 4.74 Å². The number of nitro groups is 1. The van der Waals surface area contributed by atoms with Crippen LogP contribution in [0.15, 0.2) is 42.5 Å². The van der Waals surface area contributed by atoms with Gasteiger partial charge in [-0.15, -0.1) is 0 Å². The van der Waals surface area contributed by atoms with E-state index in [0.717, 1.165) is 5.69 Å². The van der Waals surface area contributed by atoms with Gasteiger partial charge in [-0.05, 0) is 50.2 Å². The first kappa shape index (κ1) is 19.4. The van der Waals surface area contributed by atoms with Gasteiger partial charge in [0.15, 0.2) is 6.61 Å². The number of ether oxygens (including phenoxy) is 1. The van der Waals surface area contributed by atoms with Crippen LogP contribution in [0.4, 0.5) is 9.39 Å². The zero-order valence-corrected chi connectivity index (χ0v) is 15.8. The van der Waals surface area contributed by atoms with Gasteiger partial charge in [0.25, 0.3) is 0 Å². The minimum atomic E-state index is -0.793. The van der Waals surface area contributed by atoms with E-state index in [4.69, 9.17) is 4.74 Å². The van der Waals surface area contributed by atoms with E-state index in [1.54, 1.807) is 29.7 Å². The van der Waals surface area contributed by atoms with E-state index in [1.165, 1.54) is 24.3 Å². The lowest BCUT2D eigenvalue weighted by molar-refractivity contribution is -0.380. The van der Waals surface area contributed by atoms with E-state index in [2.05, 4.69) is 0 Å². The highest BCUT2D eigenvalue weighted by Gasteiger charge is 2.20. The van der Waals surface area contributed by atoms with Crippen LogP contribution in [0.3, 0.4) is 0 Å². The van der Waals surface area contributed by atoms with Crippen molar-refractivity contribution in [1.82, 2.24) is 4.57 Å². The summed E-state index contributed by atoms with van der Waals surface area (Å²) in [5.41, 5.74) is 2.50. The average Bonchev–Trinajstić information content (AvgIpc) is 3.26. The van der Waals surface area contributed by atoms with Crippen molar-refractivity contribution in [3.8, 4) is 5.69 Å². The van der Waals surface area contributed by atoms with E-state index in [1.807, 2.05) is 6.92 Å². The monoisotopic (exact) mass is 402 g/mol. The number of rotatable bonds is 6. The van der Waals surface area contributed by atoms with Crippen LogP contribution < -0.4 is 0 Å². The topological polar surface area (TPSA) is 91.4 Å². The molecule has 0 spiro atoms. The van der Waals surface area contributed by atoms with Crippen molar-refractivity contribution in [2.75, 3.05) is 6.61 Å². The number of carbonyl (C=O) groups is 2. The second-order valence-corrected chi connectivity index (χ2v) is 7.05. The molecule has 0 bridgehead atoms. The molecule has 3 rings (SSSR count). The summed E-state index contributed by atoms with van der Waals surface area (Å²) in [6, 6.07) is 10.0. The van der Waals surface area contributed by atoms with Gasteiger partial charge in [0, 0.05) is 28.7 Å². The molecule has 0 atom stereocenters. The van der Waals surface area contributed by atoms with E-state index >= 15 is 0 Å². The van der Waals surface area contributed by atoms with Crippen LogP contribution in [0.5, 0.6) is 0 Å². The standard InChI is InChI=1S/C19H15FN2O5S/c1-11-9-15(12(2)21(11)14-5-3-13(20)4-6-14)16(23)10-27-19(24)17-7-8-18(28-17)22(25)26/h3-9H,10H2,1-2H3. The molecular weight excluding hydrogens is 387 g/mol. The van der Waals surface area contributed by atoms with Crippen molar-refractivity contribution < 1.29 is 23.6 Å². The Kier molecular flexibility index (Phi) is 5.36. The Hall–Kier alpha value is -3.33. The summed E-state index contributed by atoms with van der Waals surface area (Å²) in [4.78, 5) is 34.6. The lowest BCUT2D eigenvalue weighted by atomic mass is 10.1. The number of thiophene rings is 1. The molecule has 0 N–H and O–H groups in total. The number of hydrogen-bond acceptors (Lipinski definition) is 6. The second kappa shape index (κ2) is 7.73. The Morgan fingerprint density at radius 2 is 1.86 bits per heavy atom. The molecule has 9 heteroatoms. The average molecular weight is 402 g/mol. The molecule has 28 heavy (non-hydrogen) atoms. The number of hydrogen-bond donors (Lipinski definition) is 0. The summed E-state index contributed by atoms with van der Waals surface area (Å²) < 4.78 is 20.0. The smallest absolute Gasteiger partial charge is 0.349 e. The van der Waals surface area contributed by atoms with E-state index in [-0.39, 0.29) is 15.7 Å². The molecule has 0 aliphatic carbocycles. The third kappa shape index (κ3) is 3.84. The second-order valence-electron chi connectivity index (χ2n) is 5.99. The molecule has 0 aliphatic heterocycles. The van der Waals surface area contributed by atoms with Crippen molar-refractivity contribution in [2.24, 2.45) is 0 Å². The number of esters is 1. The molecule has 144 valence electrons. The molecule has 0 saturated heterocycles. The Balaban J connectivity index is 1.74. The number of nitrogens with zero attached hydrogens (tertiary/aromatic N) is 2. The van der Waals surface area contributed by atoms with Gasteiger partial charge >= 0.3 is 11.0 Å². The summed E-state index contributed by atoms with van der Waals surface area (Å²) in [5.74, 6) is -1.55. The summed E-state index contributed by atoms with van der Waals surface area (Å²) in [6.45, 7) is 3.07. The predicted octanol–water partition coefficient (Wildman–Crippen LogP) is 4.24. The number of Topliss-reactive ketones (excluding diaryl/α,β-unsaturated/α-hetero) is 1. The fourth-order valence-electron chi connectivity index (χ4n) is 2.85. The zero-order chi connectivity index (χ0) is 20.4. The molecule has 1 aromatic carbocycles. The Bertz CT molecular complexity index is 1070. The first-order valence-corrected chi connectivity index (χ1v) is 8.99. The van der Waals surface area contributed by atoms with Gasteiger partial charge in [0.05, 0.1) is 4.92 Å². The Labute approximate surface area is 163 Å². The van der Waals surface area contributed by atoms with Crippen LogP contribution in [-0.4, -0.2) is 27.8 Å². The van der Waals surface area contributed by atoms with Crippen molar-refractivity contribution in [2.45, 2.75) is 13.8 Å². The molecule has 0 radical (unpaired) electrons. The van der Waals surface area contributed by atoms with Gasteiger partial charge in [-0.25, -0.2) is 9.18 Å². The lowest BCUT2D eigenvalue weighted by Gasteiger charge is -2.10. The summed E-state index contributed by atoms with van der Waals surface area (Å²) >= 11 is 0.685. The van der Waals surface area contributed by atoms with Gasteiger partial charge in [-0.2, -0.15) is 0 Å². The lowest BCUT2D eigenvalue weighted by Crippen LogP contribution is -2.14.